The first-order valence-corrected chi connectivity index (χ1v) is 5.22. The molecule has 0 amide bonds. The molecule has 0 unspecified atom stereocenters. The highest BCUT2D eigenvalue weighted by atomic mass is 16.5. The van der Waals surface area contributed by atoms with Crippen molar-refractivity contribution in [3.63, 3.8) is 0 Å². The molecule has 2 aromatic rings. The Hall–Kier alpha value is -1.81. The van der Waals surface area contributed by atoms with Crippen LogP contribution >= 0.6 is 0 Å². The number of nitrogens with zero attached hydrogens (tertiary/aromatic N) is 1. The Labute approximate surface area is 94.4 Å². The van der Waals surface area contributed by atoms with Crippen molar-refractivity contribution in [2.24, 2.45) is 5.73 Å². The molecule has 0 saturated carbocycles. The average molecular weight is 217 g/mol. The van der Waals surface area contributed by atoms with E-state index in [0.29, 0.717) is 13.1 Å². The van der Waals surface area contributed by atoms with Crippen molar-refractivity contribution in [3.8, 4) is 5.75 Å². The summed E-state index contributed by atoms with van der Waals surface area (Å²) in [5.41, 5.74) is 5.46. The van der Waals surface area contributed by atoms with Crippen LogP contribution in [0.25, 0.3) is 10.8 Å². The topological polar surface area (TPSA) is 60.2 Å². The fourth-order valence-corrected chi connectivity index (χ4v) is 1.69. The molecule has 1 heterocycles. The highest BCUT2D eigenvalue weighted by molar-refractivity contribution is 5.95. The van der Waals surface area contributed by atoms with Gasteiger partial charge in [0.05, 0.1) is 7.11 Å². The van der Waals surface area contributed by atoms with Gasteiger partial charge in [0.1, 0.15) is 11.6 Å². The molecular weight excluding hydrogens is 202 g/mol. The third-order valence-corrected chi connectivity index (χ3v) is 2.42. The highest BCUT2D eigenvalue weighted by Crippen LogP contribution is 2.28. The van der Waals surface area contributed by atoms with E-state index >= 15 is 0 Å². The molecular formula is C12H15N3O. The van der Waals surface area contributed by atoms with Crippen LogP contribution in [0.15, 0.2) is 30.5 Å². The predicted molar refractivity (Wildman–Crippen MR) is 65.8 cm³/mol. The monoisotopic (exact) mass is 217 g/mol. The maximum Gasteiger partial charge on any atom is 0.133 e. The minimum Gasteiger partial charge on any atom is -0.496 e. The lowest BCUT2D eigenvalue weighted by molar-refractivity contribution is 0.420. The summed E-state index contributed by atoms with van der Waals surface area (Å²) in [6.45, 7) is 1.30. The molecule has 1 aromatic carbocycles. The molecule has 0 atom stereocenters. The van der Waals surface area contributed by atoms with Crippen LogP contribution in [-0.2, 0) is 0 Å². The average Bonchev–Trinajstić information content (AvgIpc) is 2.35. The third kappa shape index (κ3) is 1.92. The summed E-state index contributed by atoms with van der Waals surface area (Å²) >= 11 is 0. The Morgan fingerprint density at radius 1 is 1.31 bits per heavy atom. The second kappa shape index (κ2) is 4.81. The third-order valence-electron chi connectivity index (χ3n) is 2.42. The van der Waals surface area contributed by atoms with Gasteiger partial charge in [-0.25, -0.2) is 4.98 Å². The van der Waals surface area contributed by atoms with Crippen LogP contribution in [0.1, 0.15) is 0 Å². The summed E-state index contributed by atoms with van der Waals surface area (Å²) in [4.78, 5) is 4.30. The van der Waals surface area contributed by atoms with E-state index in [1.54, 1.807) is 13.3 Å². The molecule has 0 radical (unpaired) electrons. The van der Waals surface area contributed by atoms with Gasteiger partial charge in [0.15, 0.2) is 0 Å². The maximum absolute atomic E-state index is 5.46. The number of pyridine rings is 1. The zero-order valence-electron chi connectivity index (χ0n) is 9.23. The van der Waals surface area contributed by atoms with Gasteiger partial charge < -0.3 is 15.8 Å². The molecule has 4 heteroatoms. The van der Waals surface area contributed by atoms with E-state index < -0.39 is 0 Å². The zero-order chi connectivity index (χ0) is 11.4. The van der Waals surface area contributed by atoms with Crippen molar-refractivity contribution in [3.05, 3.63) is 30.5 Å². The number of fused-ring (bicyclic) bond motifs is 1. The molecule has 0 spiro atoms. The number of nitrogens with two attached hydrogens (primary N) is 1. The quantitative estimate of drug-likeness (QED) is 0.817. The summed E-state index contributed by atoms with van der Waals surface area (Å²) in [6, 6.07) is 7.86. The number of nitrogens with one attached hydrogen (secondary N) is 1. The summed E-state index contributed by atoms with van der Waals surface area (Å²) in [5, 5.41) is 5.30. The molecule has 2 rings (SSSR count). The Morgan fingerprint density at radius 2 is 2.19 bits per heavy atom. The number of aromatic nitrogens is 1. The molecule has 3 N–H and O–H groups in total. The summed E-state index contributed by atoms with van der Waals surface area (Å²) in [7, 11) is 1.67. The summed E-state index contributed by atoms with van der Waals surface area (Å²) in [6.07, 6.45) is 1.77. The number of rotatable bonds is 4. The largest absolute Gasteiger partial charge is 0.496 e. The van der Waals surface area contributed by atoms with Gasteiger partial charge in [0, 0.05) is 30.1 Å². The maximum atomic E-state index is 5.46. The van der Waals surface area contributed by atoms with Crippen LogP contribution < -0.4 is 15.8 Å². The van der Waals surface area contributed by atoms with Crippen LogP contribution in [0.5, 0.6) is 5.75 Å². The first-order chi connectivity index (χ1) is 7.86. The number of methoxy groups -OCH3 is 1. The van der Waals surface area contributed by atoms with Gasteiger partial charge in [-0.2, -0.15) is 0 Å². The lowest BCUT2D eigenvalue weighted by Crippen LogP contribution is -2.14. The van der Waals surface area contributed by atoms with Crippen LogP contribution in [0.3, 0.4) is 0 Å². The Bertz CT molecular complexity index is 485. The highest BCUT2D eigenvalue weighted by Gasteiger charge is 2.05. The molecule has 4 nitrogen and oxygen atoms in total. The fourth-order valence-electron chi connectivity index (χ4n) is 1.69. The smallest absolute Gasteiger partial charge is 0.133 e. The summed E-state index contributed by atoms with van der Waals surface area (Å²) < 4.78 is 5.31. The van der Waals surface area contributed by atoms with Gasteiger partial charge in [-0.15, -0.1) is 0 Å². The molecule has 0 aliphatic carbocycles. The zero-order valence-corrected chi connectivity index (χ0v) is 9.23. The Kier molecular flexibility index (Phi) is 3.22. The Morgan fingerprint density at radius 3 is 2.94 bits per heavy atom. The van der Waals surface area contributed by atoms with E-state index in [9.17, 15) is 0 Å². The Balaban J connectivity index is 2.51. The normalized spacial score (nSPS) is 10.4. The molecule has 0 bridgehead atoms. The van der Waals surface area contributed by atoms with Crippen molar-refractivity contribution >= 4 is 16.6 Å². The van der Waals surface area contributed by atoms with Gasteiger partial charge in [-0.3, -0.25) is 0 Å². The van der Waals surface area contributed by atoms with Crippen molar-refractivity contribution in [2.45, 2.75) is 0 Å². The molecule has 0 fully saturated rings. The van der Waals surface area contributed by atoms with Crippen molar-refractivity contribution in [1.82, 2.24) is 4.98 Å². The predicted octanol–water partition coefficient (Wildman–Crippen LogP) is 1.61. The van der Waals surface area contributed by atoms with Gasteiger partial charge in [0.2, 0.25) is 0 Å². The van der Waals surface area contributed by atoms with E-state index in [1.807, 2.05) is 24.3 Å². The molecule has 16 heavy (non-hydrogen) atoms. The SMILES string of the molecule is COc1cccc2c(NCCN)nccc12. The molecule has 0 saturated heterocycles. The van der Waals surface area contributed by atoms with Gasteiger partial charge in [-0.1, -0.05) is 12.1 Å². The lowest BCUT2D eigenvalue weighted by Gasteiger charge is -2.09. The van der Waals surface area contributed by atoms with E-state index in [1.165, 1.54) is 0 Å². The van der Waals surface area contributed by atoms with Crippen molar-refractivity contribution < 1.29 is 4.74 Å². The second-order valence-corrected chi connectivity index (χ2v) is 3.43. The number of benzene rings is 1. The van der Waals surface area contributed by atoms with E-state index in [-0.39, 0.29) is 0 Å². The van der Waals surface area contributed by atoms with Gasteiger partial charge >= 0.3 is 0 Å². The molecule has 1 aromatic heterocycles. The number of hydrogen-bond donors (Lipinski definition) is 2. The van der Waals surface area contributed by atoms with Crippen LogP contribution in [0.4, 0.5) is 5.82 Å². The van der Waals surface area contributed by atoms with Crippen LogP contribution in [-0.4, -0.2) is 25.2 Å². The van der Waals surface area contributed by atoms with Crippen LogP contribution in [0.2, 0.25) is 0 Å². The summed E-state index contributed by atoms with van der Waals surface area (Å²) in [5.74, 6) is 1.71. The minimum absolute atomic E-state index is 0.585. The van der Waals surface area contributed by atoms with Gasteiger partial charge in [-0.05, 0) is 12.1 Å². The molecule has 84 valence electrons. The first-order valence-electron chi connectivity index (χ1n) is 5.22. The van der Waals surface area contributed by atoms with Crippen LogP contribution in [0, 0.1) is 0 Å². The van der Waals surface area contributed by atoms with E-state index in [2.05, 4.69) is 10.3 Å². The number of anilines is 1. The van der Waals surface area contributed by atoms with E-state index in [4.69, 9.17) is 10.5 Å². The second-order valence-electron chi connectivity index (χ2n) is 3.43. The molecule has 0 aliphatic rings. The van der Waals surface area contributed by atoms with Crippen molar-refractivity contribution in [2.75, 3.05) is 25.5 Å². The number of hydrogen-bond acceptors (Lipinski definition) is 4. The fraction of sp³-hybridized carbons (Fsp3) is 0.250. The van der Waals surface area contributed by atoms with Crippen molar-refractivity contribution in [1.29, 1.82) is 0 Å². The lowest BCUT2D eigenvalue weighted by atomic mass is 10.1. The van der Waals surface area contributed by atoms with E-state index in [0.717, 1.165) is 22.3 Å². The number of ether oxygens (including phenoxy) is 1. The van der Waals surface area contributed by atoms with Gasteiger partial charge in [0.25, 0.3) is 0 Å². The first kappa shape index (κ1) is 10.7. The standard InChI is InChI=1S/C12H15N3O/c1-16-11-4-2-3-10-9(11)5-7-14-12(10)15-8-6-13/h2-5,7H,6,8,13H2,1H3,(H,14,15). The molecule has 0 aliphatic heterocycles. The minimum atomic E-state index is 0.585.